The number of nitrogens with zero attached hydrogens (tertiary/aromatic N) is 1. The van der Waals surface area contributed by atoms with E-state index in [9.17, 15) is 9.90 Å². The molecule has 133 valence electrons. The number of Topliss-reactive ketones (excluding diaryl/α,β-unsaturated/α-hetero) is 1. The molecule has 1 fully saturated rings. The van der Waals surface area contributed by atoms with Gasteiger partial charge in [-0.15, -0.1) is 35.9 Å². The van der Waals surface area contributed by atoms with E-state index >= 15 is 0 Å². The van der Waals surface area contributed by atoms with Crippen molar-refractivity contribution in [1.82, 2.24) is 4.98 Å². The zero-order valence-corrected chi connectivity index (χ0v) is 16.5. The molecular weight excluding hydrogens is 490 g/mol. The topological polar surface area (TPSA) is 50.2 Å². The van der Waals surface area contributed by atoms with Crippen LogP contribution in [0.4, 0.5) is 0 Å². The first-order valence-electron chi connectivity index (χ1n) is 8.59. The van der Waals surface area contributed by atoms with Gasteiger partial charge in [-0.05, 0) is 43.4 Å². The van der Waals surface area contributed by atoms with Crippen LogP contribution >= 0.6 is 0 Å². The molecule has 2 aliphatic rings. The smallest absolute Gasteiger partial charge is 0.162 e. The van der Waals surface area contributed by atoms with Crippen LogP contribution in [-0.2, 0) is 24.9 Å². The summed E-state index contributed by atoms with van der Waals surface area (Å²) in [6.07, 6.45) is 7.42. The number of hydrogen-bond acceptors (Lipinski definition) is 3. The van der Waals surface area contributed by atoms with Crippen molar-refractivity contribution >= 4 is 5.78 Å². The molecule has 1 N–H and O–H groups in total. The number of allylic oxidation sites excluding steroid dienone is 2. The SMILES string of the molecule is O=C1CCCC2CCCC(O)=C12.[Ir].[c-]1ccccc1-c1ccccn1. The van der Waals surface area contributed by atoms with Crippen molar-refractivity contribution in [1.29, 1.82) is 0 Å². The van der Waals surface area contributed by atoms with E-state index < -0.39 is 0 Å². The first-order chi connectivity index (χ1) is 11.8. The third kappa shape index (κ3) is 5.10. The van der Waals surface area contributed by atoms with Gasteiger partial charge in [0.05, 0.1) is 5.76 Å². The van der Waals surface area contributed by atoms with Crippen molar-refractivity contribution in [2.45, 2.75) is 38.5 Å². The van der Waals surface area contributed by atoms with Crippen molar-refractivity contribution in [3.63, 3.8) is 0 Å². The van der Waals surface area contributed by atoms with Crippen LogP contribution in [0.15, 0.2) is 60.0 Å². The Bertz CT molecular complexity index is 676. The van der Waals surface area contributed by atoms with Crippen LogP contribution in [0.5, 0.6) is 0 Å². The Kier molecular flexibility index (Phi) is 7.54. The normalized spacial score (nSPS) is 19.2. The molecule has 0 spiro atoms. The van der Waals surface area contributed by atoms with E-state index in [1.165, 1.54) is 0 Å². The van der Waals surface area contributed by atoms with E-state index in [4.69, 9.17) is 0 Å². The summed E-state index contributed by atoms with van der Waals surface area (Å²) in [5.74, 6) is 0.972. The predicted octanol–water partition coefficient (Wildman–Crippen LogP) is 4.90. The van der Waals surface area contributed by atoms with Gasteiger partial charge in [0, 0.05) is 44.7 Å². The van der Waals surface area contributed by atoms with Gasteiger partial charge < -0.3 is 10.1 Å². The molecule has 1 radical (unpaired) electrons. The molecular formula is C21H22IrNO2-. The summed E-state index contributed by atoms with van der Waals surface area (Å²) in [4.78, 5) is 15.6. The third-order valence-corrected chi connectivity index (χ3v) is 4.59. The molecule has 25 heavy (non-hydrogen) atoms. The number of carbonyl (C=O) groups is 1. The van der Waals surface area contributed by atoms with Gasteiger partial charge in [0.15, 0.2) is 5.78 Å². The van der Waals surface area contributed by atoms with Crippen molar-refractivity contribution in [2.75, 3.05) is 0 Å². The summed E-state index contributed by atoms with van der Waals surface area (Å²) in [6, 6.07) is 16.8. The van der Waals surface area contributed by atoms with Crippen LogP contribution < -0.4 is 0 Å². The molecule has 2 aliphatic carbocycles. The molecule has 4 heteroatoms. The molecule has 1 aromatic carbocycles. The number of aliphatic hydroxyl groups excluding tert-OH is 1. The zero-order valence-electron chi connectivity index (χ0n) is 14.1. The molecule has 1 saturated carbocycles. The van der Waals surface area contributed by atoms with E-state index in [1.807, 2.05) is 42.5 Å². The van der Waals surface area contributed by atoms with E-state index in [-0.39, 0.29) is 25.9 Å². The minimum absolute atomic E-state index is 0. The van der Waals surface area contributed by atoms with Gasteiger partial charge in [0.2, 0.25) is 0 Å². The van der Waals surface area contributed by atoms with Crippen molar-refractivity contribution < 1.29 is 30.0 Å². The summed E-state index contributed by atoms with van der Waals surface area (Å²) in [7, 11) is 0. The minimum Gasteiger partial charge on any atom is -0.512 e. The number of aliphatic hydroxyl groups is 1. The largest absolute Gasteiger partial charge is 0.512 e. The Labute approximate surface area is 162 Å². The molecule has 2 aromatic rings. The third-order valence-electron chi connectivity index (χ3n) is 4.59. The van der Waals surface area contributed by atoms with Gasteiger partial charge in [-0.3, -0.25) is 4.79 Å². The molecule has 1 atom stereocenters. The Morgan fingerprint density at radius 3 is 2.44 bits per heavy atom. The maximum atomic E-state index is 11.4. The summed E-state index contributed by atoms with van der Waals surface area (Å²) in [5, 5.41) is 9.53. The average Bonchev–Trinajstić information content (AvgIpc) is 2.64. The van der Waals surface area contributed by atoms with E-state index in [0.29, 0.717) is 18.1 Å². The number of aromatic nitrogens is 1. The van der Waals surface area contributed by atoms with Crippen LogP contribution in [0.1, 0.15) is 38.5 Å². The Hall–Kier alpha value is -1.77. The number of rotatable bonds is 1. The van der Waals surface area contributed by atoms with Gasteiger partial charge >= 0.3 is 0 Å². The second-order valence-corrected chi connectivity index (χ2v) is 6.26. The molecule has 0 saturated heterocycles. The predicted molar refractivity (Wildman–Crippen MR) is 94.4 cm³/mol. The number of carbonyl (C=O) groups excluding carboxylic acids is 1. The van der Waals surface area contributed by atoms with Crippen molar-refractivity contribution in [3.05, 3.63) is 66.1 Å². The van der Waals surface area contributed by atoms with Gasteiger partial charge in [-0.25, -0.2) is 0 Å². The summed E-state index contributed by atoms with van der Waals surface area (Å²) >= 11 is 0. The van der Waals surface area contributed by atoms with Crippen LogP contribution in [0.3, 0.4) is 0 Å². The van der Waals surface area contributed by atoms with Gasteiger partial charge in [0.1, 0.15) is 0 Å². The van der Waals surface area contributed by atoms with Crippen LogP contribution in [-0.4, -0.2) is 15.9 Å². The average molecular weight is 513 g/mol. The molecule has 0 aliphatic heterocycles. The number of pyridine rings is 1. The number of hydrogen-bond donors (Lipinski definition) is 1. The van der Waals surface area contributed by atoms with E-state index in [2.05, 4.69) is 11.1 Å². The Morgan fingerprint density at radius 2 is 1.80 bits per heavy atom. The minimum atomic E-state index is 0. The number of benzene rings is 1. The van der Waals surface area contributed by atoms with Crippen molar-refractivity contribution in [2.24, 2.45) is 5.92 Å². The Balaban J connectivity index is 0.000000173. The Morgan fingerprint density at radius 1 is 1.04 bits per heavy atom. The maximum absolute atomic E-state index is 11.4. The second kappa shape index (κ2) is 9.64. The van der Waals surface area contributed by atoms with Crippen LogP contribution in [0.25, 0.3) is 11.3 Å². The van der Waals surface area contributed by atoms with Crippen LogP contribution in [0, 0.1) is 12.0 Å². The maximum Gasteiger partial charge on any atom is 0.162 e. The summed E-state index contributed by atoms with van der Waals surface area (Å²) < 4.78 is 0. The van der Waals surface area contributed by atoms with Crippen molar-refractivity contribution in [3.8, 4) is 11.3 Å². The molecule has 0 bridgehead atoms. The van der Waals surface area contributed by atoms with Crippen LogP contribution in [0.2, 0.25) is 0 Å². The summed E-state index contributed by atoms with van der Waals surface area (Å²) in [6.45, 7) is 0. The van der Waals surface area contributed by atoms with Gasteiger partial charge in [0.25, 0.3) is 0 Å². The standard InChI is InChI=1S/C11H8N.C10H14O2.Ir/c1-2-6-10(7-3-1)11-8-4-5-9-12-11;11-8-5-1-3-7-4-2-6-9(12)10(7)8;/h1-6,8-9H;7,11H,1-6H2;/q-1;;. The molecule has 4 rings (SSSR count). The number of fused-ring (bicyclic) bond motifs is 1. The van der Waals surface area contributed by atoms with E-state index in [0.717, 1.165) is 48.9 Å². The van der Waals surface area contributed by atoms with Gasteiger partial charge in [-0.1, -0.05) is 12.1 Å². The molecule has 1 unspecified atom stereocenters. The molecule has 0 amide bonds. The first-order valence-corrected chi connectivity index (χ1v) is 8.59. The molecule has 3 nitrogen and oxygen atoms in total. The molecule has 1 heterocycles. The fraction of sp³-hybridized carbons (Fsp3) is 0.333. The fourth-order valence-electron chi connectivity index (χ4n) is 3.43. The first kappa shape index (κ1) is 19.6. The zero-order chi connectivity index (χ0) is 16.8. The quantitative estimate of drug-likeness (QED) is 0.553. The monoisotopic (exact) mass is 513 g/mol. The fourth-order valence-corrected chi connectivity index (χ4v) is 3.43. The van der Waals surface area contributed by atoms with E-state index in [1.54, 1.807) is 6.20 Å². The molecule has 1 aromatic heterocycles. The second-order valence-electron chi connectivity index (χ2n) is 6.26. The van der Waals surface area contributed by atoms with Gasteiger partial charge in [-0.2, -0.15) is 0 Å². The number of ketones is 1. The summed E-state index contributed by atoms with van der Waals surface area (Å²) in [5.41, 5.74) is 2.78.